The average Bonchev–Trinajstić information content (AvgIpc) is 2.67. The number of nitrogens with zero attached hydrogens (tertiary/aromatic N) is 2. The molecule has 0 aliphatic heterocycles. The second-order valence-electron chi connectivity index (χ2n) is 7.49. The highest BCUT2D eigenvalue weighted by Crippen LogP contribution is 2.30. The van der Waals surface area contributed by atoms with E-state index in [0.717, 1.165) is 18.8 Å². The zero-order chi connectivity index (χ0) is 19.6. The van der Waals surface area contributed by atoms with Crippen molar-refractivity contribution >= 4 is 29.5 Å². The van der Waals surface area contributed by atoms with Crippen LogP contribution in [0.3, 0.4) is 0 Å². The van der Waals surface area contributed by atoms with Crippen molar-refractivity contribution in [3.8, 4) is 5.75 Å². The maximum atomic E-state index is 12.4. The molecule has 0 aromatic heterocycles. The quantitative estimate of drug-likeness (QED) is 0.508. The van der Waals surface area contributed by atoms with Crippen LogP contribution < -0.4 is 4.74 Å². The number of rotatable bonds is 9. The van der Waals surface area contributed by atoms with Crippen molar-refractivity contribution in [2.75, 3.05) is 38.7 Å². The molecule has 0 N–H and O–H groups in total. The van der Waals surface area contributed by atoms with Gasteiger partial charge in [0.25, 0.3) is 0 Å². The van der Waals surface area contributed by atoms with Gasteiger partial charge in [0.15, 0.2) is 0 Å². The number of thioether (sulfide) groups is 1. The molecule has 152 valence electrons. The summed E-state index contributed by atoms with van der Waals surface area (Å²) in [5, 5.41) is 0.636. The van der Waals surface area contributed by atoms with Gasteiger partial charge >= 0.3 is 6.09 Å². The zero-order valence-electron chi connectivity index (χ0n) is 16.8. The lowest BCUT2D eigenvalue weighted by Crippen LogP contribution is -2.41. The molecular formula is C21H33ClN2O2S. The molecule has 1 saturated carbocycles. The summed E-state index contributed by atoms with van der Waals surface area (Å²) >= 11 is 7.94. The number of amides is 1. The molecule has 1 amide bonds. The normalized spacial score (nSPS) is 19.9. The van der Waals surface area contributed by atoms with E-state index in [2.05, 4.69) is 30.6 Å². The van der Waals surface area contributed by atoms with E-state index in [1.807, 2.05) is 7.05 Å². The van der Waals surface area contributed by atoms with E-state index in [-0.39, 0.29) is 12.1 Å². The molecule has 6 heteroatoms. The lowest BCUT2D eigenvalue weighted by Gasteiger charge is -2.34. The predicted octanol–water partition coefficient (Wildman–Crippen LogP) is 5.40. The molecule has 1 aliphatic rings. The van der Waals surface area contributed by atoms with Crippen LogP contribution in [0.4, 0.5) is 4.79 Å². The van der Waals surface area contributed by atoms with Crippen LogP contribution >= 0.6 is 23.4 Å². The number of carbonyl (C=O) groups excluding carboxylic acids is 1. The first-order chi connectivity index (χ1) is 13.0. The lowest BCUT2D eigenvalue weighted by atomic mass is 9.87. The predicted molar refractivity (Wildman–Crippen MR) is 116 cm³/mol. The van der Waals surface area contributed by atoms with Gasteiger partial charge in [-0.15, -0.1) is 0 Å². The van der Waals surface area contributed by atoms with E-state index in [9.17, 15) is 4.79 Å². The van der Waals surface area contributed by atoms with Crippen LogP contribution in [-0.4, -0.2) is 60.6 Å². The molecule has 1 aliphatic carbocycles. The van der Waals surface area contributed by atoms with Crippen molar-refractivity contribution in [2.45, 2.75) is 45.1 Å². The van der Waals surface area contributed by atoms with Gasteiger partial charge in [0, 0.05) is 30.4 Å². The third-order valence-corrected chi connectivity index (χ3v) is 6.68. The third-order valence-electron chi connectivity index (χ3n) is 5.25. The van der Waals surface area contributed by atoms with E-state index in [4.69, 9.17) is 16.3 Å². The molecule has 0 radical (unpaired) electrons. The van der Waals surface area contributed by atoms with Crippen LogP contribution in [-0.2, 0) is 0 Å². The molecule has 1 aromatic carbocycles. The van der Waals surface area contributed by atoms with Crippen LogP contribution in [0.15, 0.2) is 24.3 Å². The summed E-state index contributed by atoms with van der Waals surface area (Å²) in [7, 11) is 4.05. The fraction of sp³-hybridized carbons (Fsp3) is 0.667. The highest BCUT2D eigenvalue weighted by molar-refractivity contribution is 7.99. The summed E-state index contributed by atoms with van der Waals surface area (Å²) in [6.45, 7) is 4.58. The van der Waals surface area contributed by atoms with Crippen molar-refractivity contribution < 1.29 is 9.53 Å². The third kappa shape index (κ3) is 7.92. The minimum atomic E-state index is -0.283. The summed E-state index contributed by atoms with van der Waals surface area (Å²) in [6.07, 6.45) is 5.45. The van der Waals surface area contributed by atoms with Crippen LogP contribution in [0, 0.1) is 5.92 Å². The van der Waals surface area contributed by atoms with Gasteiger partial charge < -0.3 is 14.5 Å². The summed E-state index contributed by atoms with van der Waals surface area (Å²) < 4.78 is 5.45. The Bertz CT molecular complexity index is 562. The van der Waals surface area contributed by atoms with Gasteiger partial charge in [0.1, 0.15) is 5.75 Å². The maximum absolute atomic E-state index is 12.4. The van der Waals surface area contributed by atoms with Crippen LogP contribution in [0.25, 0.3) is 0 Å². The largest absolute Gasteiger partial charge is 0.415 e. The van der Waals surface area contributed by atoms with Crippen molar-refractivity contribution in [3.63, 3.8) is 0 Å². The van der Waals surface area contributed by atoms with Gasteiger partial charge in [-0.1, -0.05) is 18.5 Å². The number of hydrogen-bond acceptors (Lipinski definition) is 4. The standard InChI is InChI=1S/C21H33ClN2O2S/c1-4-13-23(2)14-15-27-16-17-5-9-19(10-6-17)24(3)21(25)26-20-11-7-18(22)8-12-20/h7-8,11-12,17,19H,4-6,9-10,13-16H2,1-3H3. The van der Waals surface area contributed by atoms with E-state index in [0.29, 0.717) is 10.8 Å². The molecule has 4 nitrogen and oxygen atoms in total. The zero-order valence-corrected chi connectivity index (χ0v) is 18.4. The molecule has 1 aromatic rings. The second kappa shape index (κ2) is 11.8. The Balaban J connectivity index is 1.65. The molecule has 1 fully saturated rings. The fourth-order valence-corrected chi connectivity index (χ4v) is 4.89. The molecule has 27 heavy (non-hydrogen) atoms. The molecule has 0 atom stereocenters. The molecule has 2 rings (SSSR count). The Morgan fingerprint density at radius 1 is 1.15 bits per heavy atom. The second-order valence-corrected chi connectivity index (χ2v) is 9.07. The van der Waals surface area contributed by atoms with Crippen LogP contribution in [0.1, 0.15) is 39.0 Å². The Kier molecular flexibility index (Phi) is 9.80. The summed E-state index contributed by atoms with van der Waals surface area (Å²) in [6, 6.07) is 7.18. The minimum Gasteiger partial charge on any atom is -0.410 e. The van der Waals surface area contributed by atoms with E-state index in [1.54, 1.807) is 29.2 Å². The number of halogens is 1. The number of benzene rings is 1. The Morgan fingerprint density at radius 2 is 1.81 bits per heavy atom. The van der Waals surface area contributed by atoms with E-state index >= 15 is 0 Å². The SMILES string of the molecule is CCCN(C)CCSCC1CCC(N(C)C(=O)Oc2ccc(Cl)cc2)CC1. The first kappa shape index (κ1) is 22.4. The number of hydrogen-bond donors (Lipinski definition) is 0. The first-order valence-electron chi connectivity index (χ1n) is 9.96. The molecule has 0 spiro atoms. The fourth-order valence-electron chi connectivity index (χ4n) is 3.49. The maximum Gasteiger partial charge on any atom is 0.415 e. The summed E-state index contributed by atoms with van der Waals surface area (Å²) in [5.74, 6) is 3.77. The number of carbonyl (C=O) groups is 1. The van der Waals surface area contributed by atoms with Gasteiger partial charge in [-0.05, 0) is 81.6 Å². The number of ether oxygens (including phenoxy) is 1. The summed E-state index contributed by atoms with van der Waals surface area (Å²) in [4.78, 5) is 16.5. The average molecular weight is 413 g/mol. The Hall–Kier alpha value is -0.910. The van der Waals surface area contributed by atoms with Gasteiger partial charge in [0.2, 0.25) is 0 Å². The van der Waals surface area contributed by atoms with Gasteiger partial charge in [-0.3, -0.25) is 0 Å². The minimum absolute atomic E-state index is 0.279. The Labute approximate surface area is 173 Å². The highest BCUT2D eigenvalue weighted by atomic mass is 35.5. The van der Waals surface area contributed by atoms with Crippen molar-refractivity contribution in [1.29, 1.82) is 0 Å². The van der Waals surface area contributed by atoms with Crippen molar-refractivity contribution in [2.24, 2.45) is 5.92 Å². The highest BCUT2D eigenvalue weighted by Gasteiger charge is 2.27. The van der Waals surface area contributed by atoms with Gasteiger partial charge in [-0.2, -0.15) is 11.8 Å². The van der Waals surface area contributed by atoms with Gasteiger partial charge in [0.05, 0.1) is 0 Å². The summed E-state index contributed by atoms with van der Waals surface area (Å²) in [5.41, 5.74) is 0. The molecule has 0 bridgehead atoms. The lowest BCUT2D eigenvalue weighted by molar-refractivity contribution is 0.127. The smallest absolute Gasteiger partial charge is 0.410 e. The topological polar surface area (TPSA) is 32.8 Å². The first-order valence-corrected chi connectivity index (χ1v) is 11.5. The Morgan fingerprint density at radius 3 is 2.44 bits per heavy atom. The van der Waals surface area contributed by atoms with Gasteiger partial charge in [-0.25, -0.2) is 4.79 Å². The molecule has 0 unspecified atom stereocenters. The monoisotopic (exact) mass is 412 g/mol. The van der Waals surface area contributed by atoms with Crippen LogP contribution in [0.2, 0.25) is 5.02 Å². The molecule has 0 saturated heterocycles. The van der Waals surface area contributed by atoms with E-state index in [1.165, 1.54) is 43.9 Å². The molecule has 0 heterocycles. The molecular weight excluding hydrogens is 380 g/mol. The van der Waals surface area contributed by atoms with Crippen LogP contribution in [0.5, 0.6) is 5.75 Å². The van der Waals surface area contributed by atoms with E-state index < -0.39 is 0 Å². The van der Waals surface area contributed by atoms with Crippen molar-refractivity contribution in [3.05, 3.63) is 29.3 Å². The van der Waals surface area contributed by atoms with Crippen molar-refractivity contribution in [1.82, 2.24) is 9.80 Å².